The Morgan fingerprint density at radius 1 is 1.25 bits per heavy atom. The molecule has 6 atom stereocenters. The fourth-order valence-corrected chi connectivity index (χ4v) is 4.07. The van der Waals surface area contributed by atoms with Gasteiger partial charge in [-0.15, -0.1) is 9.05 Å². The Morgan fingerprint density at radius 2 is 2.00 bits per heavy atom. The number of aromatic nitrogens is 2. The van der Waals surface area contributed by atoms with Gasteiger partial charge in [-0.3, -0.25) is 4.57 Å². The van der Waals surface area contributed by atoms with Crippen LogP contribution in [0, 0.1) is 0 Å². The third-order valence-corrected chi connectivity index (χ3v) is 6.04. The van der Waals surface area contributed by atoms with Crippen LogP contribution in [0.1, 0.15) is 24.3 Å². The molecule has 0 bridgehead atoms. The van der Waals surface area contributed by atoms with Crippen molar-refractivity contribution >= 4 is 37.3 Å². The summed E-state index contributed by atoms with van der Waals surface area (Å²) in [5, 5.41) is 31.3. The second kappa shape index (κ2) is 11.0. The van der Waals surface area contributed by atoms with Gasteiger partial charge in [0.25, 0.3) is 0 Å². The molecule has 2 heterocycles. The maximum atomic E-state index is 12.0. The van der Waals surface area contributed by atoms with E-state index in [0.29, 0.717) is 15.6 Å². The number of halogens is 2. The smallest absolute Gasteiger partial charge is 0.388 e. The monoisotopic (exact) mass is 508 g/mol. The molecule has 32 heavy (non-hydrogen) atoms. The van der Waals surface area contributed by atoms with Crippen LogP contribution in [0.5, 0.6) is 0 Å². The average Bonchev–Trinajstić information content (AvgIpc) is 3.02. The molecular weight excluding hydrogens is 488 g/mol. The minimum Gasteiger partial charge on any atom is -0.388 e. The van der Waals surface area contributed by atoms with Crippen LogP contribution in [0.4, 0.5) is 5.82 Å². The van der Waals surface area contributed by atoms with E-state index < -0.39 is 44.6 Å². The number of anilines is 1. The van der Waals surface area contributed by atoms with Crippen LogP contribution >= 0.6 is 31.5 Å². The first kappa shape index (κ1) is 25.0. The molecule has 2 aromatic rings. The SMILES string of the molecule is Nc1ccn([C@@H]2O[C@H](CO[P+](=O)OCC[C@@H](O)c3cc(Cl)ccc3Cl)[C@@H](O)[C@@H]2O)c(=O)n1. The van der Waals surface area contributed by atoms with Crippen molar-refractivity contribution in [2.45, 2.75) is 37.1 Å². The van der Waals surface area contributed by atoms with Gasteiger partial charge in [-0.05, 0) is 24.3 Å². The number of aliphatic hydroxyl groups excluding tert-OH is 3. The first-order chi connectivity index (χ1) is 15.2. The molecule has 0 radical (unpaired) electrons. The Morgan fingerprint density at radius 3 is 2.72 bits per heavy atom. The number of aliphatic hydroxyl groups is 3. The summed E-state index contributed by atoms with van der Waals surface area (Å²) in [5.74, 6) is -0.00364. The Bertz CT molecular complexity index is 1030. The highest BCUT2D eigenvalue weighted by molar-refractivity contribution is 7.33. The fraction of sp³-hybridized carbons (Fsp3) is 0.444. The van der Waals surface area contributed by atoms with Gasteiger partial charge >= 0.3 is 13.9 Å². The van der Waals surface area contributed by atoms with Crippen LogP contribution < -0.4 is 11.4 Å². The van der Waals surface area contributed by atoms with E-state index in [2.05, 4.69) is 4.98 Å². The number of hydrogen-bond acceptors (Lipinski definition) is 10. The molecule has 1 aromatic heterocycles. The molecule has 1 aliphatic heterocycles. The van der Waals surface area contributed by atoms with Crippen molar-refractivity contribution in [3.05, 3.63) is 56.6 Å². The molecule has 3 rings (SSSR count). The zero-order valence-electron chi connectivity index (χ0n) is 16.5. The van der Waals surface area contributed by atoms with Gasteiger partial charge in [-0.1, -0.05) is 23.2 Å². The third-order valence-electron chi connectivity index (χ3n) is 4.71. The van der Waals surface area contributed by atoms with Crippen LogP contribution in [0.25, 0.3) is 0 Å². The van der Waals surface area contributed by atoms with E-state index in [9.17, 15) is 24.7 Å². The van der Waals surface area contributed by atoms with E-state index in [4.69, 9.17) is 42.7 Å². The van der Waals surface area contributed by atoms with Crippen molar-refractivity contribution in [2.75, 3.05) is 18.9 Å². The van der Waals surface area contributed by atoms with Crippen molar-refractivity contribution in [1.82, 2.24) is 9.55 Å². The van der Waals surface area contributed by atoms with E-state index in [1.807, 2.05) is 0 Å². The van der Waals surface area contributed by atoms with Crippen molar-refractivity contribution in [3.8, 4) is 0 Å². The molecule has 11 nitrogen and oxygen atoms in total. The predicted octanol–water partition coefficient (Wildman–Crippen LogP) is 1.57. The second-order valence-corrected chi connectivity index (χ2v) is 8.72. The van der Waals surface area contributed by atoms with Crippen LogP contribution in [0.2, 0.25) is 10.0 Å². The lowest BCUT2D eigenvalue weighted by Gasteiger charge is -2.16. The molecule has 1 aromatic carbocycles. The molecule has 0 amide bonds. The summed E-state index contributed by atoms with van der Waals surface area (Å²) >= 11 is 11.9. The van der Waals surface area contributed by atoms with Gasteiger partial charge < -0.3 is 25.8 Å². The normalized spacial score (nSPS) is 24.5. The lowest BCUT2D eigenvalue weighted by Crippen LogP contribution is -2.36. The van der Waals surface area contributed by atoms with Gasteiger partial charge in [0.15, 0.2) is 6.23 Å². The van der Waals surface area contributed by atoms with E-state index in [1.165, 1.54) is 18.3 Å². The summed E-state index contributed by atoms with van der Waals surface area (Å²) < 4.78 is 28.5. The zero-order chi connectivity index (χ0) is 23.4. The summed E-state index contributed by atoms with van der Waals surface area (Å²) in [6, 6.07) is 6.00. The van der Waals surface area contributed by atoms with Crippen LogP contribution in [0.15, 0.2) is 35.3 Å². The first-order valence-corrected chi connectivity index (χ1v) is 11.2. The molecule has 1 saturated heterocycles. The molecule has 0 saturated carbocycles. The zero-order valence-corrected chi connectivity index (χ0v) is 18.9. The Balaban J connectivity index is 1.47. The molecule has 0 aliphatic carbocycles. The molecule has 14 heteroatoms. The minimum absolute atomic E-state index is 0.00364. The first-order valence-electron chi connectivity index (χ1n) is 9.39. The molecule has 5 N–H and O–H groups in total. The number of hydrogen-bond donors (Lipinski definition) is 4. The quantitative estimate of drug-likeness (QED) is 0.365. The summed E-state index contributed by atoms with van der Waals surface area (Å²) in [4.78, 5) is 15.5. The summed E-state index contributed by atoms with van der Waals surface area (Å²) in [7, 11) is -2.61. The lowest BCUT2D eigenvalue weighted by atomic mass is 10.1. The van der Waals surface area contributed by atoms with Crippen LogP contribution in [-0.4, -0.2) is 56.4 Å². The highest BCUT2D eigenvalue weighted by atomic mass is 35.5. The topological polar surface area (TPSA) is 166 Å². The van der Waals surface area contributed by atoms with E-state index in [0.717, 1.165) is 4.57 Å². The highest BCUT2D eigenvalue weighted by Crippen LogP contribution is 2.33. The molecule has 1 fully saturated rings. The van der Waals surface area contributed by atoms with Crippen molar-refractivity contribution in [1.29, 1.82) is 0 Å². The van der Waals surface area contributed by atoms with Crippen LogP contribution in [0.3, 0.4) is 0 Å². The number of nitrogen functional groups attached to an aromatic ring is 1. The van der Waals surface area contributed by atoms with Crippen molar-refractivity contribution in [3.63, 3.8) is 0 Å². The molecule has 1 unspecified atom stereocenters. The average molecular weight is 509 g/mol. The van der Waals surface area contributed by atoms with Gasteiger partial charge in [0, 0.05) is 32.8 Å². The van der Waals surface area contributed by atoms with E-state index in [-0.39, 0.29) is 25.5 Å². The molecule has 0 spiro atoms. The maximum Gasteiger partial charge on any atom is 0.697 e. The van der Waals surface area contributed by atoms with Crippen molar-refractivity contribution in [2.24, 2.45) is 0 Å². The Kier molecular flexibility index (Phi) is 8.56. The summed E-state index contributed by atoms with van der Waals surface area (Å²) in [5.41, 5.74) is 5.07. The molecule has 1 aliphatic rings. The van der Waals surface area contributed by atoms with Gasteiger partial charge in [0.05, 0.1) is 6.10 Å². The predicted molar refractivity (Wildman–Crippen MR) is 114 cm³/mol. The Labute approximate surface area is 193 Å². The van der Waals surface area contributed by atoms with Gasteiger partial charge in [-0.25, -0.2) is 4.79 Å². The fourth-order valence-electron chi connectivity index (χ4n) is 3.05. The lowest BCUT2D eigenvalue weighted by molar-refractivity contribution is -0.0522. The van der Waals surface area contributed by atoms with Gasteiger partial charge in [0.2, 0.25) is 0 Å². The maximum absolute atomic E-state index is 12.0. The standard InChI is InChI=1S/C18H20Cl2N3O8P/c19-9-1-2-11(20)10(7-9)12(24)4-6-29-32(28)30-8-13-15(25)16(26)17(31-13)23-5-3-14(21)22-18(23)27/h1-3,5,7,12-13,15-17,24-26H,4,6,8H2,(H-,21,22,27)/p+1/t12-,13-,15-,16+,17-/m1/s1. The minimum atomic E-state index is -2.61. The molecule has 174 valence electrons. The summed E-state index contributed by atoms with van der Waals surface area (Å²) in [6.07, 6.45) is -4.83. The number of ether oxygens (including phenoxy) is 1. The number of nitrogens with two attached hydrogens (primary N) is 1. The molecular formula is C18H21Cl2N3O8P+. The van der Waals surface area contributed by atoms with Crippen molar-refractivity contribution < 1.29 is 33.7 Å². The van der Waals surface area contributed by atoms with E-state index >= 15 is 0 Å². The van der Waals surface area contributed by atoms with Gasteiger partial charge in [0.1, 0.15) is 37.3 Å². The number of nitrogens with zero attached hydrogens (tertiary/aromatic N) is 2. The second-order valence-electron chi connectivity index (χ2n) is 6.91. The van der Waals surface area contributed by atoms with Crippen LogP contribution in [-0.2, 0) is 18.3 Å². The Hall–Kier alpha value is -1.66. The van der Waals surface area contributed by atoms with Gasteiger partial charge in [-0.2, -0.15) is 4.98 Å². The number of benzene rings is 1. The largest absolute Gasteiger partial charge is 0.697 e. The highest BCUT2D eigenvalue weighted by Gasteiger charge is 2.45. The summed E-state index contributed by atoms with van der Waals surface area (Å²) in [6.45, 7) is -0.505. The number of rotatable bonds is 9. The third kappa shape index (κ3) is 6.02. The van der Waals surface area contributed by atoms with E-state index in [1.54, 1.807) is 12.1 Å².